The molecule has 1 unspecified atom stereocenters. The molecule has 1 heterocycles. The molecule has 0 radical (unpaired) electrons. The van der Waals surface area contributed by atoms with E-state index in [1.54, 1.807) is 7.11 Å². The summed E-state index contributed by atoms with van der Waals surface area (Å²) in [6.45, 7) is 5.29. The van der Waals surface area contributed by atoms with Crippen molar-refractivity contribution in [3.8, 4) is 17.0 Å². The van der Waals surface area contributed by atoms with Crippen LogP contribution < -0.4 is 10.5 Å². The molecular formula is C23H30N2O. The minimum Gasteiger partial charge on any atom is -0.497 e. The first-order valence-corrected chi connectivity index (χ1v) is 9.67. The molecule has 0 aliphatic heterocycles. The first-order chi connectivity index (χ1) is 12.7. The summed E-state index contributed by atoms with van der Waals surface area (Å²) in [4.78, 5) is 3.76. The molecule has 3 rings (SSSR count). The highest BCUT2D eigenvalue weighted by molar-refractivity contribution is 5.93. The Balaban J connectivity index is 2.17. The lowest BCUT2D eigenvalue weighted by Crippen LogP contribution is -1.99. The van der Waals surface area contributed by atoms with E-state index in [-0.39, 0.29) is 0 Å². The van der Waals surface area contributed by atoms with Crippen LogP contribution in [0.25, 0.3) is 22.2 Å². The fourth-order valence-corrected chi connectivity index (χ4v) is 3.66. The Hall–Kier alpha value is -2.26. The number of aromatic amines is 1. The largest absolute Gasteiger partial charge is 0.497 e. The van der Waals surface area contributed by atoms with E-state index in [9.17, 15) is 0 Å². The summed E-state index contributed by atoms with van der Waals surface area (Å²) in [6, 6.07) is 15.0. The van der Waals surface area contributed by atoms with Gasteiger partial charge in [0, 0.05) is 22.2 Å². The van der Waals surface area contributed by atoms with Crippen LogP contribution in [0.15, 0.2) is 42.5 Å². The van der Waals surface area contributed by atoms with E-state index < -0.39 is 0 Å². The Bertz CT molecular complexity index is 866. The molecule has 0 fully saturated rings. The zero-order valence-electron chi connectivity index (χ0n) is 16.1. The van der Waals surface area contributed by atoms with Crippen LogP contribution in [0, 0.1) is 0 Å². The van der Waals surface area contributed by atoms with Crippen LogP contribution in [0.4, 0.5) is 0 Å². The average molecular weight is 351 g/mol. The van der Waals surface area contributed by atoms with Crippen LogP contribution >= 0.6 is 0 Å². The molecule has 0 aliphatic carbocycles. The molecule has 1 aromatic heterocycles. The van der Waals surface area contributed by atoms with Crippen molar-refractivity contribution in [3.63, 3.8) is 0 Å². The highest BCUT2D eigenvalue weighted by Gasteiger charge is 2.17. The summed E-state index contributed by atoms with van der Waals surface area (Å²) in [6.07, 6.45) is 4.33. The Labute approximate surface area is 156 Å². The number of H-pyrrole nitrogens is 1. The highest BCUT2D eigenvalue weighted by Crippen LogP contribution is 2.36. The summed E-state index contributed by atoms with van der Waals surface area (Å²) in [7, 11) is 1.72. The van der Waals surface area contributed by atoms with Gasteiger partial charge in [-0.1, -0.05) is 44.2 Å². The maximum atomic E-state index is 5.73. The third-order valence-electron chi connectivity index (χ3n) is 5.36. The van der Waals surface area contributed by atoms with Gasteiger partial charge in [-0.15, -0.1) is 0 Å². The quantitative estimate of drug-likeness (QED) is 0.517. The van der Waals surface area contributed by atoms with E-state index in [4.69, 9.17) is 10.5 Å². The molecule has 138 valence electrons. The second-order valence-corrected chi connectivity index (χ2v) is 7.04. The van der Waals surface area contributed by atoms with Crippen molar-refractivity contribution >= 4 is 10.9 Å². The van der Waals surface area contributed by atoms with E-state index in [1.165, 1.54) is 33.3 Å². The molecule has 3 nitrogen and oxygen atoms in total. The number of aromatic nitrogens is 1. The molecular weight excluding hydrogens is 320 g/mol. The van der Waals surface area contributed by atoms with Gasteiger partial charge in [0.15, 0.2) is 0 Å². The number of benzene rings is 2. The Kier molecular flexibility index (Phi) is 6.00. The minimum absolute atomic E-state index is 0.535. The van der Waals surface area contributed by atoms with Gasteiger partial charge in [0.1, 0.15) is 5.75 Å². The minimum atomic E-state index is 0.535. The van der Waals surface area contributed by atoms with Crippen LogP contribution in [0.1, 0.15) is 50.2 Å². The predicted octanol–water partition coefficient (Wildman–Crippen LogP) is 5.64. The van der Waals surface area contributed by atoms with Crippen molar-refractivity contribution in [2.75, 3.05) is 13.7 Å². The second kappa shape index (κ2) is 8.41. The Morgan fingerprint density at radius 1 is 1.12 bits per heavy atom. The zero-order chi connectivity index (χ0) is 18.5. The van der Waals surface area contributed by atoms with E-state index in [0.29, 0.717) is 5.92 Å². The topological polar surface area (TPSA) is 51.0 Å². The van der Waals surface area contributed by atoms with Gasteiger partial charge in [0.05, 0.1) is 7.11 Å². The fourth-order valence-electron chi connectivity index (χ4n) is 3.66. The summed E-state index contributed by atoms with van der Waals surface area (Å²) < 4.78 is 5.44. The number of methoxy groups -OCH3 is 1. The first kappa shape index (κ1) is 18.5. The van der Waals surface area contributed by atoms with Crippen LogP contribution in [0.3, 0.4) is 0 Å². The number of rotatable bonds is 8. The summed E-state index contributed by atoms with van der Waals surface area (Å²) in [5.41, 5.74) is 12.2. The van der Waals surface area contributed by atoms with Crippen molar-refractivity contribution in [1.29, 1.82) is 0 Å². The molecule has 0 aliphatic rings. The Morgan fingerprint density at radius 2 is 1.92 bits per heavy atom. The van der Waals surface area contributed by atoms with Crippen molar-refractivity contribution in [1.82, 2.24) is 4.98 Å². The molecule has 0 bridgehead atoms. The molecule has 0 amide bonds. The number of nitrogens with two attached hydrogens (primary N) is 1. The number of hydrogen-bond donors (Lipinski definition) is 2. The molecule has 26 heavy (non-hydrogen) atoms. The van der Waals surface area contributed by atoms with Gasteiger partial charge in [-0.2, -0.15) is 0 Å². The molecule has 3 N–H and O–H groups in total. The zero-order valence-corrected chi connectivity index (χ0v) is 16.1. The van der Waals surface area contributed by atoms with Gasteiger partial charge < -0.3 is 15.5 Å². The third kappa shape index (κ3) is 3.63. The molecule has 0 saturated heterocycles. The van der Waals surface area contributed by atoms with Crippen LogP contribution in [-0.4, -0.2) is 18.6 Å². The second-order valence-electron chi connectivity index (χ2n) is 7.04. The predicted molar refractivity (Wildman–Crippen MR) is 111 cm³/mol. The maximum Gasteiger partial charge on any atom is 0.119 e. The molecule has 0 saturated carbocycles. The standard InChI is InChI=1S/C23H30N2O/c1-4-16(2)19-12-8-13-21-20(11-5-6-14-24)22(25-23(19)21)17-9-7-10-18(15-17)26-3/h7-10,12-13,15-16,25H,4-6,11,14,24H2,1-3H3. The van der Waals surface area contributed by atoms with Gasteiger partial charge in [0.25, 0.3) is 0 Å². The molecule has 0 spiro atoms. The summed E-state index contributed by atoms with van der Waals surface area (Å²) >= 11 is 0. The smallest absolute Gasteiger partial charge is 0.119 e. The van der Waals surface area contributed by atoms with E-state index in [2.05, 4.69) is 55.2 Å². The van der Waals surface area contributed by atoms with Crippen molar-refractivity contribution in [2.45, 2.75) is 45.4 Å². The fraction of sp³-hybridized carbons (Fsp3) is 0.391. The molecule has 1 atom stereocenters. The first-order valence-electron chi connectivity index (χ1n) is 9.67. The van der Waals surface area contributed by atoms with E-state index in [1.807, 2.05) is 6.07 Å². The van der Waals surface area contributed by atoms with Gasteiger partial charge in [0.2, 0.25) is 0 Å². The normalized spacial score (nSPS) is 12.5. The van der Waals surface area contributed by atoms with Gasteiger partial charge in [-0.05, 0) is 61.4 Å². The lowest BCUT2D eigenvalue weighted by molar-refractivity contribution is 0.415. The summed E-state index contributed by atoms with van der Waals surface area (Å²) in [5, 5.41) is 1.35. The monoisotopic (exact) mass is 350 g/mol. The highest BCUT2D eigenvalue weighted by atomic mass is 16.5. The van der Waals surface area contributed by atoms with E-state index >= 15 is 0 Å². The maximum absolute atomic E-state index is 5.73. The molecule has 3 aromatic rings. The number of hydrogen-bond acceptors (Lipinski definition) is 2. The number of fused-ring (bicyclic) bond motifs is 1. The lowest BCUT2D eigenvalue weighted by Gasteiger charge is -2.10. The van der Waals surface area contributed by atoms with Crippen LogP contribution in [-0.2, 0) is 6.42 Å². The van der Waals surface area contributed by atoms with Crippen LogP contribution in [0.5, 0.6) is 5.75 Å². The SMILES string of the molecule is CCC(C)c1cccc2c(CCCCN)c(-c3cccc(OC)c3)[nH]c12. The van der Waals surface area contributed by atoms with Gasteiger partial charge >= 0.3 is 0 Å². The average Bonchev–Trinajstić information content (AvgIpc) is 3.06. The molecule has 2 aromatic carbocycles. The van der Waals surface area contributed by atoms with Crippen molar-refractivity contribution in [2.24, 2.45) is 5.73 Å². The molecule has 3 heteroatoms. The number of unbranched alkanes of at least 4 members (excludes halogenated alkanes) is 1. The van der Waals surface area contributed by atoms with Crippen LogP contribution in [0.2, 0.25) is 0 Å². The number of ether oxygens (including phenoxy) is 1. The van der Waals surface area contributed by atoms with Gasteiger partial charge in [-0.3, -0.25) is 0 Å². The van der Waals surface area contributed by atoms with E-state index in [0.717, 1.165) is 38.0 Å². The summed E-state index contributed by atoms with van der Waals surface area (Å²) in [5.74, 6) is 1.42. The van der Waals surface area contributed by atoms with Crippen molar-refractivity contribution < 1.29 is 4.74 Å². The lowest BCUT2D eigenvalue weighted by atomic mass is 9.94. The Morgan fingerprint density at radius 3 is 2.65 bits per heavy atom. The third-order valence-corrected chi connectivity index (χ3v) is 5.36. The number of nitrogens with one attached hydrogen (secondary N) is 1. The number of para-hydroxylation sites is 1. The van der Waals surface area contributed by atoms with Gasteiger partial charge in [-0.25, -0.2) is 0 Å². The van der Waals surface area contributed by atoms with Crippen molar-refractivity contribution in [3.05, 3.63) is 53.6 Å². The number of aryl methyl sites for hydroxylation is 1.